The summed E-state index contributed by atoms with van der Waals surface area (Å²) >= 11 is 9.05. The highest BCUT2D eigenvalue weighted by atomic mass is 79.9. The van der Waals surface area contributed by atoms with Gasteiger partial charge in [-0.15, -0.1) is 0 Å². The highest BCUT2D eigenvalue weighted by Crippen LogP contribution is 2.29. The number of hydrogen-bond donors (Lipinski definition) is 0. The van der Waals surface area contributed by atoms with Crippen molar-refractivity contribution < 1.29 is 18.7 Å². The smallest absolute Gasteiger partial charge is 0.306 e. The van der Waals surface area contributed by atoms with Gasteiger partial charge in [0, 0.05) is 15.1 Å². The lowest BCUT2D eigenvalue weighted by atomic mass is 9.88. The molecule has 126 valence electrons. The third-order valence-electron chi connectivity index (χ3n) is 3.41. The Hall–Kier alpha value is -1.72. The highest BCUT2D eigenvalue weighted by molar-refractivity contribution is 9.10. The molecule has 0 N–H and O–H groups in total. The average molecular weight is 414 g/mol. The van der Waals surface area contributed by atoms with Crippen LogP contribution in [0.1, 0.15) is 35.2 Å². The van der Waals surface area contributed by atoms with E-state index in [4.69, 9.17) is 16.3 Å². The van der Waals surface area contributed by atoms with Gasteiger partial charge in [-0.2, -0.15) is 0 Å². The normalized spacial score (nSPS) is 11.8. The van der Waals surface area contributed by atoms with E-state index in [1.165, 1.54) is 12.1 Å². The number of hydrogen-bond acceptors (Lipinski definition) is 3. The van der Waals surface area contributed by atoms with Crippen LogP contribution in [0.3, 0.4) is 0 Å². The Bertz CT molecular complexity index is 726. The predicted octanol–water partition coefficient (Wildman–Crippen LogP) is 5.16. The van der Waals surface area contributed by atoms with Gasteiger partial charge in [0.15, 0.2) is 5.78 Å². The standard InChI is InChI=1S/C18H15BrClFO3/c1-2-24-17(22)10-16(12-7-13(19)9-15(21)8-12)18(23)11-3-5-14(20)6-4-11/h3-9,16H,2,10H2,1H3. The Morgan fingerprint density at radius 1 is 1.21 bits per heavy atom. The average Bonchev–Trinajstić information content (AvgIpc) is 2.52. The molecule has 0 aliphatic heterocycles. The van der Waals surface area contributed by atoms with Gasteiger partial charge in [0.1, 0.15) is 5.82 Å². The minimum atomic E-state index is -0.836. The van der Waals surface area contributed by atoms with E-state index in [-0.39, 0.29) is 18.8 Å². The Labute approximate surface area is 152 Å². The van der Waals surface area contributed by atoms with Gasteiger partial charge in [-0.1, -0.05) is 27.5 Å². The quantitative estimate of drug-likeness (QED) is 0.485. The molecule has 0 saturated carbocycles. The number of ketones is 1. The highest BCUT2D eigenvalue weighted by Gasteiger charge is 2.26. The van der Waals surface area contributed by atoms with Gasteiger partial charge in [-0.05, 0) is 55.0 Å². The van der Waals surface area contributed by atoms with Crippen LogP contribution in [0, 0.1) is 5.82 Å². The maximum Gasteiger partial charge on any atom is 0.306 e. The summed E-state index contributed by atoms with van der Waals surface area (Å²) in [5.74, 6) is -2.13. The molecule has 0 bridgehead atoms. The molecule has 0 fully saturated rings. The Morgan fingerprint density at radius 3 is 2.46 bits per heavy atom. The molecule has 3 nitrogen and oxygen atoms in total. The van der Waals surface area contributed by atoms with E-state index in [0.29, 0.717) is 20.6 Å². The van der Waals surface area contributed by atoms with Crippen LogP contribution in [0.2, 0.25) is 5.02 Å². The number of ether oxygens (including phenoxy) is 1. The summed E-state index contributed by atoms with van der Waals surface area (Å²) < 4.78 is 19.2. The summed E-state index contributed by atoms with van der Waals surface area (Å²) in [4.78, 5) is 24.7. The fourth-order valence-electron chi connectivity index (χ4n) is 2.34. The molecule has 0 saturated heterocycles. The lowest BCUT2D eigenvalue weighted by Crippen LogP contribution is -2.19. The Balaban J connectivity index is 2.39. The van der Waals surface area contributed by atoms with Crippen LogP contribution in [0.15, 0.2) is 46.9 Å². The molecule has 0 radical (unpaired) electrons. The second-order valence-electron chi connectivity index (χ2n) is 5.14. The van der Waals surface area contributed by atoms with Crippen molar-refractivity contribution in [1.29, 1.82) is 0 Å². The minimum absolute atomic E-state index is 0.162. The number of carbonyl (C=O) groups is 2. The summed E-state index contributed by atoms with van der Waals surface area (Å²) in [6, 6.07) is 10.5. The van der Waals surface area contributed by atoms with Crippen molar-refractivity contribution in [2.24, 2.45) is 0 Å². The molecule has 0 aromatic heterocycles. The molecule has 0 aliphatic carbocycles. The molecule has 24 heavy (non-hydrogen) atoms. The van der Waals surface area contributed by atoms with E-state index in [2.05, 4.69) is 15.9 Å². The second-order valence-corrected chi connectivity index (χ2v) is 6.49. The van der Waals surface area contributed by atoms with Crippen molar-refractivity contribution >= 4 is 39.3 Å². The van der Waals surface area contributed by atoms with Crippen molar-refractivity contribution in [2.45, 2.75) is 19.3 Å². The first kappa shape index (κ1) is 18.6. The molecular formula is C18H15BrClFO3. The molecule has 0 spiro atoms. The topological polar surface area (TPSA) is 43.4 Å². The lowest BCUT2D eigenvalue weighted by Gasteiger charge is -2.16. The molecule has 1 unspecified atom stereocenters. The van der Waals surface area contributed by atoms with Crippen LogP contribution < -0.4 is 0 Å². The molecule has 0 amide bonds. The fraction of sp³-hybridized carbons (Fsp3) is 0.222. The molecular weight excluding hydrogens is 399 g/mol. The number of rotatable bonds is 6. The fourth-order valence-corrected chi connectivity index (χ4v) is 2.95. The van der Waals surface area contributed by atoms with E-state index < -0.39 is 17.7 Å². The molecule has 2 rings (SSSR count). The van der Waals surface area contributed by atoms with Gasteiger partial charge >= 0.3 is 5.97 Å². The number of Topliss-reactive ketones (excluding diaryl/α,β-unsaturated/α-hetero) is 1. The Kier molecular flexibility index (Phi) is 6.52. The molecule has 1 atom stereocenters. The molecule has 0 aliphatic rings. The largest absolute Gasteiger partial charge is 0.466 e. The van der Waals surface area contributed by atoms with Gasteiger partial charge in [-0.3, -0.25) is 9.59 Å². The van der Waals surface area contributed by atoms with Gasteiger partial charge in [0.25, 0.3) is 0 Å². The third-order valence-corrected chi connectivity index (χ3v) is 4.12. The van der Waals surface area contributed by atoms with Gasteiger partial charge in [0.05, 0.1) is 18.9 Å². The number of halogens is 3. The first-order valence-corrected chi connectivity index (χ1v) is 8.49. The van der Waals surface area contributed by atoms with Crippen LogP contribution >= 0.6 is 27.5 Å². The van der Waals surface area contributed by atoms with Crippen molar-refractivity contribution in [3.8, 4) is 0 Å². The maximum atomic E-state index is 13.7. The van der Waals surface area contributed by atoms with Gasteiger partial charge in [-0.25, -0.2) is 4.39 Å². The van der Waals surface area contributed by atoms with Crippen LogP contribution in [0.5, 0.6) is 0 Å². The second kappa shape index (κ2) is 8.40. The monoisotopic (exact) mass is 412 g/mol. The predicted molar refractivity (Wildman–Crippen MR) is 93.9 cm³/mol. The minimum Gasteiger partial charge on any atom is -0.466 e. The Morgan fingerprint density at radius 2 is 1.88 bits per heavy atom. The van der Waals surface area contributed by atoms with E-state index >= 15 is 0 Å². The third kappa shape index (κ3) is 4.89. The summed E-state index contributed by atoms with van der Waals surface area (Å²) in [6.45, 7) is 1.90. The summed E-state index contributed by atoms with van der Waals surface area (Å²) in [6.07, 6.45) is -0.162. The van der Waals surface area contributed by atoms with Crippen molar-refractivity contribution in [2.75, 3.05) is 6.61 Å². The zero-order chi connectivity index (χ0) is 17.7. The van der Waals surface area contributed by atoms with E-state index in [0.717, 1.165) is 0 Å². The first-order valence-electron chi connectivity index (χ1n) is 7.32. The van der Waals surface area contributed by atoms with Crippen LogP contribution in [-0.2, 0) is 9.53 Å². The SMILES string of the molecule is CCOC(=O)CC(C(=O)c1ccc(Cl)cc1)c1cc(F)cc(Br)c1. The van der Waals surface area contributed by atoms with E-state index in [9.17, 15) is 14.0 Å². The van der Waals surface area contributed by atoms with Crippen molar-refractivity contribution in [3.63, 3.8) is 0 Å². The molecule has 0 heterocycles. The van der Waals surface area contributed by atoms with Crippen molar-refractivity contribution in [1.82, 2.24) is 0 Å². The van der Waals surface area contributed by atoms with Crippen molar-refractivity contribution in [3.05, 3.63) is 68.9 Å². The summed E-state index contributed by atoms with van der Waals surface area (Å²) in [5.41, 5.74) is 0.809. The molecule has 2 aromatic carbocycles. The summed E-state index contributed by atoms with van der Waals surface area (Å²) in [5, 5.41) is 0.502. The zero-order valence-electron chi connectivity index (χ0n) is 12.9. The van der Waals surface area contributed by atoms with Crippen LogP contribution in [0.4, 0.5) is 4.39 Å². The van der Waals surface area contributed by atoms with E-state index in [1.807, 2.05) is 0 Å². The summed E-state index contributed by atoms with van der Waals surface area (Å²) in [7, 11) is 0. The van der Waals surface area contributed by atoms with Gasteiger partial charge < -0.3 is 4.74 Å². The number of benzene rings is 2. The van der Waals surface area contributed by atoms with E-state index in [1.54, 1.807) is 37.3 Å². The zero-order valence-corrected chi connectivity index (χ0v) is 15.2. The van der Waals surface area contributed by atoms with Gasteiger partial charge in [0.2, 0.25) is 0 Å². The maximum absolute atomic E-state index is 13.7. The first-order chi connectivity index (χ1) is 11.4. The number of esters is 1. The van der Waals surface area contributed by atoms with Crippen LogP contribution in [0.25, 0.3) is 0 Å². The number of carbonyl (C=O) groups excluding carboxylic acids is 2. The lowest BCUT2D eigenvalue weighted by molar-refractivity contribution is -0.143. The molecule has 2 aromatic rings. The van der Waals surface area contributed by atoms with Crippen LogP contribution in [-0.4, -0.2) is 18.4 Å². The molecule has 6 heteroatoms.